The molecule has 0 bridgehead atoms. The van der Waals surface area contributed by atoms with Crippen LogP contribution in [-0.4, -0.2) is 11.2 Å². The lowest BCUT2D eigenvalue weighted by Crippen LogP contribution is -2.27. The summed E-state index contributed by atoms with van der Waals surface area (Å²) in [6.45, 7) is 2.69. The fourth-order valence-corrected chi connectivity index (χ4v) is 1.05. The molecule has 0 spiro atoms. The van der Waals surface area contributed by atoms with E-state index in [0.29, 0.717) is 13.0 Å². The van der Waals surface area contributed by atoms with E-state index >= 15 is 0 Å². The third kappa shape index (κ3) is 3.26. The lowest BCUT2D eigenvalue weighted by atomic mass is 10.1. The highest BCUT2D eigenvalue weighted by molar-refractivity contribution is 4.93. The van der Waals surface area contributed by atoms with E-state index in [2.05, 4.69) is 23.5 Å². The zero-order valence-corrected chi connectivity index (χ0v) is 7.66. The van der Waals surface area contributed by atoms with Gasteiger partial charge < -0.3 is 9.84 Å². The van der Waals surface area contributed by atoms with Gasteiger partial charge in [0.25, 0.3) is 0 Å². The number of nitrogens with one attached hydrogen (secondary N) is 1. The van der Waals surface area contributed by atoms with Crippen molar-refractivity contribution >= 4 is 0 Å². The van der Waals surface area contributed by atoms with Gasteiger partial charge >= 0.3 is 0 Å². The first-order chi connectivity index (χ1) is 6.36. The summed E-state index contributed by atoms with van der Waals surface area (Å²) in [5, 5.41) is 15.3. The second-order valence-electron chi connectivity index (χ2n) is 2.83. The first-order valence-electron chi connectivity index (χ1n) is 4.36. The average molecular weight is 179 g/mol. The number of hydrogen-bond acceptors (Lipinski definition) is 4. The monoisotopic (exact) mass is 179 g/mol. The molecule has 0 aliphatic rings. The van der Waals surface area contributed by atoms with E-state index in [9.17, 15) is 0 Å². The summed E-state index contributed by atoms with van der Waals surface area (Å²) in [4.78, 5) is 0. The largest absolute Gasteiger partial charge is 0.360 e. The Bertz CT molecular complexity index is 263. The maximum atomic E-state index is 8.50. The van der Waals surface area contributed by atoms with Gasteiger partial charge in [-0.1, -0.05) is 12.1 Å². The van der Waals surface area contributed by atoms with E-state index < -0.39 is 0 Å². The van der Waals surface area contributed by atoms with Gasteiger partial charge in [-0.3, -0.25) is 0 Å². The summed E-state index contributed by atoms with van der Waals surface area (Å²) in [7, 11) is 0. The van der Waals surface area contributed by atoms with Gasteiger partial charge in [0.05, 0.1) is 25.2 Å². The minimum absolute atomic E-state index is 0.245. The molecule has 0 amide bonds. The molecule has 1 aromatic rings. The van der Waals surface area contributed by atoms with Gasteiger partial charge in [0.1, 0.15) is 5.76 Å². The predicted molar refractivity (Wildman–Crippen MR) is 47.7 cm³/mol. The van der Waals surface area contributed by atoms with Gasteiger partial charge in [0.15, 0.2) is 0 Å². The van der Waals surface area contributed by atoms with Gasteiger partial charge in [-0.2, -0.15) is 5.26 Å². The third-order valence-electron chi connectivity index (χ3n) is 1.89. The van der Waals surface area contributed by atoms with E-state index in [-0.39, 0.29) is 6.04 Å². The summed E-state index contributed by atoms with van der Waals surface area (Å²) in [6, 6.07) is 4.20. The molecule has 1 aromatic heterocycles. The second kappa shape index (κ2) is 5.33. The summed E-state index contributed by atoms with van der Waals surface area (Å²) >= 11 is 0. The second-order valence-corrected chi connectivity index (χ2v) is 2.83. The van der Waals surface area contributed by atoms with Crippen LogP contribution in [0.25, 0.3) is 0 Å². The summed E-state index contributed by atoms with van der Waals surface area (Å²) in [6.07, 6.45) is 3.09. The van der Waals surface area contributed by atoms with Gasteiger partial charge in [0.2, 0.25) is 0 Å². The number of nitrogens with zero attached hydrogens (tertiary/aromatic N) is 2. The van der Waals surface area contributed by atoms with E-state index in [1.165, 1.54) is 0 Å². The summed E-state index contributed by atoms with van der Waals surface area (Å²) in [5.74, 6) is 0.802. The van der Waals surface area contributed by atoms with Gasteiger partial charge in [0, 0.05) is 12.1 Å². The normalized spacial score (nSPS) is 12.3. The van der Waals surface area contributed by atoms with Crippen molar-refractivity contribution in [2.75, 3.05) is 0 Å². The Morgan fingerprint density at radius 3 is 3.15 bits per heavy atom. The molecule has 0 aliphatic heterocycles. The SMILES string of the molecule is CCC(CC#N)NCc1ccno1. The van der Waals surface area contributed by atoms with Crippen molar-refractivity contribution in [2.45, 2.75) is 32.4 Å². The minimum atomic E-state index is 0.245. The van der Waals surface area contributed by atoms with Crippen molar-refractivity contribution in [3.8, 4) is 6.07 Å². The first kappa shape index (κ1) is 9.75. The smallest absolute Gasteiger partial charge is 0.150 e. The van der Waals surface area contributed by atoms with E-state index in [0.717, 1.165) is 12.2 Å². The topological polar surface area (TPSA) is 61.9 Å². The van der Waals surface area contributed by atoms with Crippen LogP contribution < -0.4 is 5.32 Å². The summed E-state index contributed by atoms with van der Waals surface area (Å²) < 4.78 is 4.91. The molecule has 1 rings (SSSR count). The van der Waals surface area contributed by atoms with Crippen molar-refractivity contribution < 1.29 is 4.52 Å². The average Bonchev–Trinajstić information content (AvgIpc) is 2.64. The minimum Gasteiger partial charge on any atom is -0.360 e. The molecule has 1 heterocycles. The molecular weight excluding hydrogens is 166 g/mol. The Hall–Kier alpha value is -1.34. The maximum absolute atomic E-state index is 8.50. The Kier molecular flexibility index (Phi) is 4.00. The molecule has 1 atom stereocenters. The van der Waals surface area contributed by atoms with Crippen molar-refractivity contribution in [3.63, 3.8) is 0 Å². The van der Waals surface area contributed by atoms with Crippen LogP contribution >= 0.6 is 0 Å². The zero-order chi connectivity index (χ0) is 9.52. The third-order valence-corrected chi connectivity index (χ3v) is 1.89. The molecule has 70 valence electrons. The quantitative estimate of drug-likeness (QED) is 0.743. The molecule has 0 saturated heterocycles. The standard InChI is InChI=1S/C9H13N3O/c1-2-8(3-5-10)11-7-9-4-6-12-13-9/h4,6,8,11H,2-3,7H2,1H3. The lowest BCUT2D eigenvalue weighted by molar-refractivity contribution is 0.361. The van der Waals surface area contributed by atoms with Crippen LogP contribution in [0, 0.1) is 11.3 Å². The maximum Gasteiger partial charge on any atom is 0.150 e. The Morgan fingerprint density at radius 1 is 1.77 bits per heavy atom. The van der Waals surface area contributed by atoms with Crippen molar-refractivity contribution in [1.29, 1.82) is 5.26 Å². The molecule has 0 radical (unpaired) electrons. The Balaban J connectivity index is 2.28. The number of nitriles is 1. The highest BCUT2D eigenvalue weighted by Gasteiger charge is 2.05. The molecule has 0 fully saturated rings. The molecule has 4 nitrogen and oxygen atoms in total. The van der Waals surface area contributed by atoms with Crippen LogP contribution in [0.15, 0.2) is 16.8 Å². The van der Waals surface area contributed by atoms with Gasteiger partial charge in [-0.05, 0) is 6.42 Å². The number of aromatic nitrogens is 1. The Labute approximate surface area is 77.5 Å². The van der Waals surface area contributed by atoms with E-state index in [1.54, 1.807) is 6.20 Å². The highest BCUT2D eigenvalue weighted by atomic mass is 16.5. The van der Waals surface area contributed by atoms with Gasteiger partial charge in [-0.15, -0.1) is 0 Å². The van der Waals surface area contributed by atoms with Crippen molar-refractivity contribution in [3.05, 3.63) is 18.0 Å². The summed E-state index contributed by atoms with van der Waals surface area (Å²) in [5.41, 5.74) is 0. The lowest BCUT2D eigenvalue weighted by Gasteiger charge is -2.11. The predicted octanol–water partition coefficient (Wildman–Crippen LogP) is 1.46. The van der Waals surface area contributed by atoms with Crippen LogP contribution in [0.5, 0.6) is 0 Å². The van der Waals surface area contributed by atoms with Crippen LogP contribution in [-0.2, 0) is 6.54 Å². The molecule has 0 saturated carbocycles. The van der Waals surface area contributed by atoms with Gasteiger partial charge in [-0.25, -0.2) is 0 Å². The highest BCUT2D eigenvalue weighted by Crippen LogP contribution is 2.00. The number of rotatable bonds is 5. The van der Waals surface area contributed by atoms with Crippen molar-refractivity contribution in [2.24, 2.45) is 0 Å². The molecule has 4 heteroatoms. The Morgan fingerprint density at radius 2 is 2.62 bits per heavy atom. The number of hydrogen-bond donors (Lipinski definition) is 1. The molecule has 0 aliphatic carbocycles. The molecular formula is C9H13N3O. The molecule has 1 unspecified atom stereocenters. The van der Waals surface area contributed by atoms with E-state index in [1.807, 2.05) is 6.07 Å². The molecule has 1 N–H and O–H groups in total. The first-order valence-corrected chi connectivity index (χ1v) is 4.36. The van der Waals surface area contributed by atoms with Crippen LogP contribution in [0.1, 0.15) is 25.5 Å². The van der Waals surface area contributed by atoms with Crippen molar-refractivity contribution in [1.82, 2.24) is 10.5 Å². The zero-order valence-electron chi connectivity index (χ0n) is 7.66. The van der Waals surface area contributed by atoms with Crippen LogP contribution in [0.2, 0.25) is 0 Å². The van der Waals surface area contributed by atoms with E-state index in [4.69, 9.17) is 9.78 Å². The fraction of sp³-hybridized carbons (Fsp3) is 0.556. The molecule has 0 aromatic carbocycles. The fourth-order valence-electron chi connectivity index (χ4n) is 1.05. The van der Waals surface area contributed by atoms with Crippen LogP contribution in [0.4, 0.5) is 0 Å². The molecule has 13 heavy (non-hydrogen) atoms. The van der Waals surface area contributed by atoms with Crippen LogP contribution in [0.3, 0.4) is 0 Å².